The summed E-state index contributed by atoms with van der Waals surface area (Å²) in [7, 11) is 5.00. The molecule has 4 nitrogen and oxygen atoms in total. The molecule has 0 N–H and O–H groups in total. The molecule has 0 bridgehead atoms. The first-order valence-electron chi connectivity index (χ1n) is 8.70. The predicted molar refractivity (Wildman–Crippen MR) is 106 cm³/mol. The minimum absolute atomic E-state index is 0.558. The van der Waals surface area contributed by atoms with Crippen LogP contribution in [0.5, 0.6) is 17.2 Å². The predicted octanol–water partition coefficient (Wildman–Crippen LogP) is 4.08. The fourth-order valence-electron chi connectivity index (χ4n) is 3.38. The van der Waals surface area contributed by atoms with Gasteiger partial charge in [-0.25, -0.2) is 0 Å². The number of hydrogen-bond donors (Lipinski definition) is 0. The third-order valence-corrected chi connectivity index (χ3v) is 4.92. The lowest BCUT2D eigenvalue weighted by atomic mass is 9.91. The summed E-state index contributed by atoms with van der Waals surface area (Å²) in [5.41, 5.74) is 5.92. The van der Waals surface area contributed by atoms with Crippen LogP contribution < -0.4 is 14.2 Å². The van der Waals surface area contributed by atoms with Gasteiger partial charge < -0.3 is 14.2 Å². The summed E-state index contributed by atoms with van der Waals surface area (Å²) in [6.45, 7) is 0.799. The Labute approximate surface area is 159 Å². The zero-order valence-electron chi connectivity index (χ0n) is 15.5. The van der Waals surface area contributed by atoms with Crippen LogP contribution in [0.4, 0.5) is 0 Å². The van der Waals surface area contributed by atoms with Gasteiger partial charge in [-0.05, 0) is 65.4 Å². The Hall–Kier alpha value is -2.20. The van der Waals surface area contributed by atoms with Crippen molar-refractivity contribution in [3.05, 3.63) is 52.6 Å². The molecule has 1 aliphatic rings. The Bertz CT molecular complexity index is 817. The topological polar surface area (TPSA) is 40.0 Å². The lowest BCUT2D eigenvalue weighted by molar-refractivity contribution is 0.354. The first-order chi connectivity index (χ1) is 12.7. The van der Waals surface area contributed by atoms with Crippen LogP contribution in [0, 0.1) is 0 Å². The minimum atomic E-state index is 0.558. The highest BCUT2D eigenvalue weighted by Gasteiger charge is 2.18. The lowest BCUT2D eigenvalue weighted by Gasteiger charge is -2.20. The van der Waals surface area contributed by atoms with Gasteiger partial charge in [-0.15, -0.1) is 11.6 Å². The number of rotatable bonds is 7. The molecule has 2 aromatic rings. The Kier molecular flexibility index (Phi) is 6.04. The molecule has 0 spiro atoms. The number of aliphatic imine (C=N–C) groups is 1. The molecule has 2 aromatic carbocycles. The average molecular weight is 374 g/mol. The van der Waals surface area contributed by atoms with Gasteiger partial charge in [0, 0.05) is 24.6 Å². The van der Waals surface area contributed by atoms with Crippen molar-refractivity contribution < 1.29 is 14.2 Å². The molecule has 138 valence electrons. The maximum Gasteiger partial charge on any atom is 0.161 e. The molecule has 0 saturated heterocycles. The lowest BCUT2D eigenvalue weighted by Crippen LogP contribution is -2.16. The van der Waals surface area contributed by atoms with E-state index in [2.05, 4.69) is 12.1 Å². The Balaban J connectivity index is 1.97. The van der Waals surface area contributed by atoms with E-state index in [1.807, 2.05) is 18.2 Å². The van der Waals surface area contributed by atoms with Gasteiger partial charge in [0.2, 0.25) is 0 Å². The highest BCUT2D eigenvalue weighted by Crippen LogP contribution is 2.32. The Morgan fingerprint density at radius 2 is 1.69 bits per heavy atom. The number of benzene rings is 2. The van der Waals surface area contributed by atoms with Crippen molar-refractivity contribution >= 4 is 17.3 Å². The number of nitrogens with zero attached hydrogens (tertiary/aromatic N) is 1. The molecule has 0 aliphatic carbocycles. The van der Waals surface area contributed by atoms with Gasteiger partial charge in [0.15, 0.2) is 11.5 Å². The Morgan fingerprint density at radius 3 is 2.35 bits per heavy atom. The van der Waals surface area contributed by atoms with Crippen molar-refractivity contribution in [3.8, 4) is 17.2 Å². The third kappa shape index (κ3) is 3.80. The van der Waals surface area contributed by atoms with Crippen molar-refractivity contribution in [1.29, 1.82) is 0 Å². The Morgan fingerprint density at radius 1 is 0.962 bits per heavy atom. The van der Waals surface area contributed by atoms with Gasteiger partial charge in [-0.1, -0.05) is 0 Å². The second-order valence-electron chi connectivity index (χ2n) is 6.19. The molecule has 3 rings (SSSR count). The molecule has 0 atom stereocenters. The monoisotopic (exact) mass is 373 g/mol. The number of aryl methyl sites for hydroxylation is 1. The molecule has 0 amide bonds. The van der Waals surface area contributed by atoms with Gasteiger partial charge in [0.25, 0.3) is 0 Å². The summed E-state index contributed by atoms with van der Waals surface area (Å²) >= 11 is 6.02. The fraction of sp³-hybridized carbons (Fsp3) is 0.381. The van der Waals surface area contributed by atoms with Crippen molar-refractivity contribution in [2.24, 2.45) is 4.99 Å². The van der Waals surface area contributed by atoms with Crippen LogP contribution in [0.1, 0.15) is 22.3 Å². The molecule has 1 aliphatic heterocycles. The van der Waals surface area contributed by atoms with Crippen molar-refractivity contribution in [1.82, 2.24) is 0 Å². The van der Waals surface area contributed by atoms with E-state index in [0.717, 1.165) is 48.8 Å². The molecule has 1 heterocycles. The molecule has 0 saturated carbocycles. The molecular formula is C21H24ClNO3. The van der Waals surface area contributed by atoms with Crippen molar-refractivity contribution in [2.45, 2.75) is 19.3 Å². The third-order valence-electron chi connectivity index (χ3n) is 4.73. The smallest absolute Gasteiger partial charge is 0.161 e. The van der Waals surface area contributed by atoms with Crippen LogP contribution in [0.3, 0.4) is 0 Å². The number of halogens is 1. The molecule has 0 radical (unpaired) electrons. The van der Waals surface area contributed by atoms with E-state index in [1.165, 1.54) is 22.3 Å². The number of methoxy groups -OCH3 is 3. The summed E-state index contributed by atoms with van der Waals surface area (Å²) in [6.07, 6.45) is 2.46. The minimum Gasteiger partial charge on any atom is -0.497 e. The standard InChI is InChI=1S/C21H24ClNO3/c1-24-17-4-5-18-15(10-17)7-9-23-19(18)11-16-13-21(26-3)20(25-2)12-14(16)6-8-22/h4-5,10,12-13H,6-9,11H2,1-3H3. The normalized spacial score (nSPS) is 13.0. The van der Waals surface area contributed by atoms with E-state index in [0.29, 0.717) is 5.88 Å². The van der Waals surface area contributed by atoms with E-state index < -0.39 is 0 Å². The molecular weight excluding hydrogens is 350 g/mol. The van der Waals surface area contributed by atoms with Crippen LogP contribution in [0.2, 0.25) is 0 Å². The average Bonchev–Trinajstić information content (AvgIpc) is 2.68. The zero-order valence-corrected chi connectivity index (χ0v) is 16.2. The second-order valence-corrected chi connectivity index (χ2v) is 6.57. The van der Waals surface area contributed by atoms with E-state index in [-0.39, 0.29) is 0 Å². The number of ether oxygens (including phenoxy) is 3. The second kappa shape index (κ2) is 8.45. The van der Waals surface area contributed by atoms with Gasteiger partial charge in [-0.2, -0.15) is 0 Å². The van der Waals surface area contributed by atoms with Crippen molar-refractivity contribution in [3.63, 3.8) is 0 Å². The summed E-state index contributed by atoms with van der Waals surface area (Å²) in [5.74, 6) is 2.90. The maximum absolute atomic E-state index is 6.02. The first-order valence-corrected chi connectivity index (χ1v) is 9.24. The molecule has 0 unspecified atom stereocenters. The zero-order chi connectivity index (χ0) is 18.5. The number of hydrogen-bond acceptors (Lipinski definition) is 4. The van der Waals surface area contributed by atoms with Gasteiger partial charge in [-0.3, -0.25) is 4.99 Å². The van der Waals surface area contributed by atoms with Gasteiger partial charge >= 0.3 is 0 Å². The van der Waals surface area contributed by atoms with Crippen LogP contribution >= 0.6 is 11.6 Å². The fourth-order valence-corrected chi connectivity index (χ4v) is 3.58. The molecule has 5 heteroatoms. The van der Waals surface area contributed by atoms with Crippen LogP contribution in [-0.2, 0) is 19.3 Å². The van der Waals surface area contributed by atoms with Crippen LogP contribution in [0.15, 0.2) is 35.3 Å². The highest BCUT2D eigenvalue weighted by atomic mass is 35.5. The van der Waals surface area contributed by atoms with Crippen LogP contribution in [0.25, 0.3) is 0 Å². The van der Waals surface area contributed by atoms with Crippen LogP contribution in [-0.4, -0.2) is 39.5 Å². The van der Waals surface area contributed by atoms with E-state index in [4.69, 9.17) is 30.8 Å². The summed E-state index contributed by atoms with van der Waals surface area (Å²) in [6, 6.07) is 10.3. The van der Waals surface area contributed by atoms with Crippen molar-refractivity contribution in [2.75, 3.05) is 33.8 Å². The van der Waals surface area contributed by atoms with Gasteiger partial charge in [0.05, 0.1) is 21.3 Å². The van der Waals surface area contributed by atoms with Gasteiger partial charge in [0.1, 0.15) is 5.75 Å². The number of alkyl halides is 1. The SMILES string of the molecule is COc1ccc2c(c1)CCN=C2Cc1cc(OC)c(OC)cc1CCCl. The summed E-state index contributed by atoms with van der Waals surface area (Å²) < 4.78 is 16.3. The van der Waals surface area contributed by atoms with E-state index in [1.54, 1.807) is 21.3 Å². The molecule has 0 fully saturated rings. The maximum atomic E-state index is 6.02. The number of fused-ring (bicyclic) bond motifs is 1. The highest BCUT2D eigenvalue weighted by molar-refractivity contribution is 6.18. The first kappa shape index (κ1) is 18.6. The molecule has 26 heavy (non-hydrogen) atoms. The van der Waals surface area contributed by atoms with E-state index >= 15 is 0 Å². The largest absolute Gasteiger partial charge is 0.497 e. The molecule has 0 aromatic heterocycles. The quantitative estimate of drug-likeness (QED) is 0.686. The van der Waals surface area contributed by atoms with E-state index in [9.17, 15) is 0 Å². The summed E-state index contributed by atoms with van der Waals surface area (Å²) in [5, 5.41) is 0. The summed E-state index contributed by atoms with van der Waals surface area (Å²) in [4.78, 5) is 4.79.